The fraction of sp³-hybridized carbons (Fsp3) is 0.167. The predicted octanol–water partition coefficient (Wildman–Crippen LogP) is 3.85. The molecule has 0 fully saturated rings. The van der Waals surface area contributed by atoms with Gasteiger partial charge in [0.25, 0.3) is 5.91 Å². The molecule has 0 atom stereocenters. The minimum absolute atomic E-state index is 0.159. The summed E-state index contributed by atoms with van der Waals surface area (Å²) in [5, 5.41) is 2.77. The Kier molecular flexibility index (Phi) is 7.91. The molecular weight excluding hydrogens is 410 g/mol. The second-order valence-corrected chi connectivity index (χ2v) is 6.49. The molecule has 1 amide bonds. The summed E-state index contributed by atoms with van der Waals surface area (Å²) in [5.74, 6) is 0.155. The summed E-state index contributed by atoms with van der Waals surface area (Å²) in [7, 11) is 1.30. The average Bonchev–Trinajstić information content (AvgIpc) is 2.82. The van der Waals surface area contributed by atoms with E-state index in [1.807, 2.05) is 31.2 Å². The molecule has 0 saturated carbocycles. The Hall–Kier alpha value is -4.20. The molecule has 8 heteroatoms. The number of rotatable bonds is 9. The topological polar surface area (TPSA) is 99.6 Å². The van der Waals surface area contributed by atoms with Gasteiger partial charge in [-0.05, 0) is 42.8 Å². The van der Waals surface area contributed by atoms with E-state index in [0.29, 0.717) is 29.5 Å². The number of methoxy groups -OCH3 is 1. The van der Waals surface area contributed by atoms with E-state index in [9.17, 15) is 9.59 Å². The van der Waals surface area contributed by atoms with Crippen LogP contribution >= 0.6 is 0 Å². The van der Waals surface area contributed by atoms with Gasteiger partial charge in [0.05, 0.1) is 19.4 Å². The molecule has 0 aliphatic rings. The number of benzene rings is 2. The van der Waals surface area contributed by atoms with Crippen LogP contribution in [0.25, 0.3) is 12.2 Å². The van der Waals surface area contributed by atoms with Crippen LogP contribution in [0.4, 0.5) is 5.69 Å². The highest BCUT2D eigenvalue weighted by Gasteiger charge is 2.12. The van der Waals surface area contributed by atoms with E-state index in [1.54, 1.807) is 36.4 Å². The number of esters is 1. The Balaban J connectivity index is 1.71. The van der Waals surface area contributed by atoms with Crippen molar-refractivity contribution < 1.29 is 23.8 Å². The Morgan fingerprint density at radius 3 is 2.59 bits per heavy atom. The summed E-state index contributed by atoms with van der Waals surface area (Å²) in [4.78, 5) is 32.0. The van der Waals surface area contributed by atoms with Gasteiger partial charge in [0.1, 0.15) is 11.9 Å². The van der Waals surface area contributed by atoms with Crippen LogP contribution in [-0.2, 0) is 9.53 Å². The number of amides is 1. The standard InChI is InChI=1S/C24H23N3O5/c1-3-31-22-13-17(9-11-20-19(24(29)30-2)14-25-16-26-20)10-12-21(22)32-15-23(28)27-18-7-5-4-6-8-18/h4-14,16H,3,15H2,1-2H3,(H,27,28)/b11-9+. The van der Waals surface area contributed by atoms with Crippen molar-refractivity contribution in [2.75, 3.05) is 25.6 Å². The van der Waals surface area contributed by atoms with Gasteiger partial charge in [-0.25, -0.2) is 14.8 Å². The lowest BCUT2D eigenvalue weighted by atomic mass is 10.1. The fourth-order valence-electron chi connectivity index (χ4n) is 2.79. The van der Waals surface area contributed by atoms with Crippen molar-refractivity contribution in [3.05, 3.63) is 77.9 Å². The molecule has 32 heavy (non-hydrogen) atoms. The quantitative estimate of drug-likeness (QED) is 0.512. The van der Waals surface area contributed by atoms with E-state index in [2.05, 4.69) is 15.3 Å². The van der Waals surface area contributed by atoms with E-state index in [0.717, 1.165) is 5.56 Å². The number of hydrogen-bond acceptors (Lipinski definition) is 7. The van der Waals surface area contributed by atoms with Gasteiger partial charge in [-0.2, -0.15) is 0 Å². The zero-order chi connectivity index (χ0) is 22.8. The maximum Gasteiger partial charge on any atom is 0.341 e. The number of ether oxygens (including phenoxy) is 3. The number of hydrogen-bond donors (Lipinski definition) is 1. The third-order valence-corrected chi connectivity index (χ3v) is 4.27. The lowest BCUT2D eigenvalue weighted by Crippen LogP contribution is -2.20. The number of aromatic nitrogens is 2. The monoisotopic (exact) mass is 433 g/mol. The van der Waals surface area contributed by atoms with Crippen LogP contribution in [0.3, 0.4) is 0 Å². The van der Waals surface area contributed by atoms with Gasteiger partial charge in [-0.1, -0.05) is 30.3 Å². The third-order valence-electron chi connectivity index (χ3n) is 4.27. The van der Waals surface area contributed by atoms with Crippen molar-refractivity contribution in [3.8, 4) is 11.5 Å². The summed E-state index contributed by atoms with van der Waals surface area (Å²) in [6, 6.07) is 14.5. The first kappa shape index (κ1) is 22.5. The van der Waals surface area contributed by atoms with Gasteiger partial charge < -0.3 is 19.5 Å². The molecule has 1 heterocycles. The summed E-state index contributed by atoms with van der Waals surface area (Å²) in [6.07, 6.45) is 6.23. The van der Waals surface area contributed by atoms with E-state index >= 15 is 0 Å². The number of carbonyl (C=O) groups excluding carboxylic acids is 2. The van der Waals surface area contributed by atoms with Gasteiger partial charge in [0, 0.05) is 11.9 Å². The first-order valence-electron chi connectivity index (χ1n) is 9.91. The lowest BCUT2D eigenvalue weighted by molar-refractivity contribution is -0.118. The molecule has 1 N–H and O–H groups in total. The first-order chi connectivity index (χ1) is 15.6. The Bertz CT molecular complexity index is 1100. The van der Waals surface area contributed by atoms with Crippen LogP contribution in [-0.4, -0.2) is 42.2 Å². The largest absolute Gasteiger partial charge is 0.490 e. The van der Waals surface area contributed by atoms with Crippen LogP contribution in [0.2, 0.25) is 0 Å². The molecule has 2 aromatic carbocycles. The highest BCUT2D eigenvalue weighted by atomic mass is 16.5. The minimum atomic E-state index is -0.516. The molecule has 0 radical (unpaired) electrons. The molecule has 0 aliphatic heterocycles. The Labute approximate surface area is 185 Å². The molecule has 3 aromatic rings. The van der Waals surface area contributed by atoms with Gasteiger partial charge in [-0.3, -0.25) is 4.79 Å². The highest BCUT2D eigenvalue weighted by Crippen LogP contribution is 2.29. The molecule has 164 valence electrons. The van der Waals surface area contributed by atoms with E-state index < -0.39 is 5.97 Å². The van der Waals surface area contributed by atoms with Crippen LogP contribution in [0.15, 0.2) is 61.1 Å². The maximum absolute atomic E-state index is 12.2. The fourth-order valence-corrected chi connectivity index (χ4v) is 2.79. The second-order valence-electron chi connectivity index (χ2n) is 6.49. The second kappa shape index (κ2) is 11.3. The predicted molar refractivity (Wildman–Crippen MR) is 120 cm³/mol. The van der Waals surface area contributed by atoms with Gasteiger partial charge in [0.15, 0.2) is 18.1 Å². The molecule has 0 saturated heterocycles. The average molecular weight is 433 g/mol. The normalized spacial score (nSPS) is 10.6. The van der Waals surface area contributed by atoms with Crippen molar-refractivity contribution >= 4 is 29.7 Å². The molecule has 3 rings (SSSR count). The summed E-state index contributed by atoms with van der Waals surface area (Å²) in [6.45, 7) is 2.13. The molecule has 0 unspecified atom stereocenters. The molecule has 8 nitrogen and oxygen atoms in total. The zero-order valence-corrected chi connectivity index (χ0v) is 17.8. The van der Waals surface area contributed by atoms with E-state index in [4.69, 9.17) is 14.2 Å². The van der Waals surface area contributed by atoms with Gasteiger partial charge >= 0.3 is 5.97 Å². The number of nitrogens with one attached hydrogen (secondary N) is 1. The molecule has 0 spiro atoms. The van der Waals surface area contributed by atoms with E-state index in [1.165, 1.54) is 19.6 Å². The molecule has 0 aliphatic carbocycles. The zero-order valence-electron chi connectivity index (χ0n) is 17.8. The maximum atomic E-state index is 12.2. The smallest absolute Gasteiger partial charge is 0.341 e. The summed E-state index contributed by atoms with van der Waals surface area (Å²) in [5.41, 5.74) is 2.19. The van der Waals surface area contributed by atoms with Crippen molar-refractivity contribution in [2.24, 2.45) is 0 Å². The Morgan fingerprint density at radius 2 is 1.84 bits per heavy atom. The molecular formula is C24H23N3O5. The number of anilines is 1. The highest BCUT2D eigenvalue weighted by molar-refractivity contribution is 5.93. The minimum Gasteiger partial charge on any atom is -0.490 e. The number of para-hydroxylation sites is 1. The van der Waals surface area contributed by atoms with Crippen LogP contribution in [0.1, 0.15) is 28.5 Å². The van der Waals surface area contributed by atoms with Gasteiger partial charge in [-0.15, -0.1) is 0 Å². The Morgan fingerprint density at radius 1 is 1.03 bits per heavy atom. The molecule has 0 bridgehead atoms. The van der Waals surface area contributed by atoms with Crippen LogP contribution < -0.4 is 14.8 Å². The van der Waals surface area contributed by atoms with Crippen molar-refractivity contribution in [3.63, 3.8) is 0 Å². The number of carbonyl (C=O) groups is 2. The first-order valence-corrected chi connectivity index (χ1v) is 9.91. The summed E-state index contributed by atoms with van der Waals surface area (Å²) < 4.78 is 16.1. The molecule has 1 aromatic heterocycles. The third kappa shape index (κ3) is 6.15. The van der Waals surface area contributed by atoms with Crippen molar-refractivity contribution in [2.45, 2.75) is 6.92 Å². The van der Waals surface area contributed by atoms with Crippen LogP contribution in [0.5, 0.6) is 11.5 Å². The van der Waals surface area contributed by atoms with Crippen LogP contribution in [0, 0.1) is 0 Å². The van der Waals surface area contributed by atoms with E-state index in [-0.39, 0.29) is 18.1 Å². The van der Waals surface area contributed by atoms with Crippen molar-refractivity contribution in [1.29, 1.82) is 0 Å². The van der Waals surface area contributed by atoms with Crippen molar-refractivity contribution in [1.82, 2.24) is 9.97 Å². The lowest BCUT2D eigenvalue weighted by Gasteiger charge is -2.13. The number of nitrogens with zero attached hydrogens (tertiary/aromatic N) is 2. The SMILES string of the molecule is CCOc1cc(/C=C/c2ncncc2C(=O)OC)ccc1OCC(=O)Nc1ccccc1. The van der Waals surface area contributed by atoms with Gasteiger partial charge in [0.2, 0.25) is 0 Å². The summed E-state index contributed by atoms with van der Waals surface area (Å²) >= 11 is 0.